The predicted octanol–water partition coefficient (Wildman–Crippen LogP) is 3.22. The average molecular weight is 399 g/mol. The van der Waals surface area contributed by atoms with Gasteiger partial charge in [0.15, 0.2) is 0 Å². The Balaban J connectivity index is 1.55. The first-order valence-corrected chi connectivity index (χ1v) is 9.81. The van der Waals surface area contributed by atoms with Gasteiger partial charge in [0.25, 0.3) is 0 Å². The molecule has 0 aliphatic carbocycles. The second kappa shape index (κ2) is 8.69. The lowest BCUT2D eigenvalue weighted by Crippen LogP contribution is -2.51. The molecule has 1 aromatic carbocycles. The summed E-state index contributed by atoms with van der Waals surface area (Å²) in [6, 6.07) is 5.09. The quantitative estimate of drug-likeness (QED) is 0.826. The van der Waals surface area contributed by atoms with Crippen LogP contribution in [0.4, 0.5) is 18.9 Å². The van der Waals surface area contributed by atoms with E-state index in [4.69, 9.17) is 4.74 Å². The number of rotatable bonds is 5. The number of carbonyl (C=O) groups excluding carboxylic acids is 1. The van der Waals surface area contributed by atoms with E-state index < -0.39 is 11.7 Å². The van der Waals surface area contributed by atoms with Crippen molar-refractivity contribution < 1.29 is 22.7 Å². The third-order valence-corrected chi connectivity index (χ3v) is 5.30. The molecule has 0 saturated carbocycles. The highest BCUT2D eigenvalue weighted by Crippen LogP contribution is 2.30. The molecule has 28 heavy (non-hydrogen) atoms. The zero-order valence-corrected chi connectivity index (χ0v) is 16.3. The van der Waals surface area contributed by atoms with Crippen LogP contribution in [-0.2, 0) is 15.7 Å². The van der Waals surface area contributed by atoms with E-state index in [2.05, 4.69) is 24.1 Å². The molecule has 2 heterocycles. The maximum absolute atomic E-state index is 12.8. The van der Waals surface area contributed by atoms with Gasteiger partial charge in [-0.05, 0) is 44.9 Å². The Hall–Kier alpha value is -1.80. The van der Waals surface area contributed by atoms with Gasteiger partial charge in [0, 0.05) is 37.9 Å². The number of anilines is 1. The Morgan fingerprint density at radius 1 is 1.25 bits per heavy atom. The third kappa shape index (κ3) is 5.38. The topological polar surface area (TPSA) is 44.8 Å². The lowest BCUT2D eigenvalue weighted by atomic mass is 10.1. The third-order valence-electron chi connectivity index (χ3n) is 5.30. The number of benzene rings is 1. The Kier molecular flexibility index (Phi) is 6.50. The summed E-state index contributed by atoms with van der Waals surface area (Å²) in [6.07, 6.45) is -2.13. The van der Waals surface area contributed by atoms with Crippen LogP contribution in [0.15, 0.2) is 24.3 Å². The summed E-state index contributed by atoms with van der Waals surface area (Å²) in [5, 5.41) is 2.85. The minimum absolute atomic E-state index is 0.00622. The van der Waals surface area contributed by atoms with Crippen LogP contribution >= 0.6 is 0 Å². The predicted molar refractivity (Wildman–Crippen MR) is 101 cm³/mol. The molecule has 1 amide bonds. The van der Waals surface area contributed by atoms with Gasteiger partial charge in [0.1, 0.15) is 0 Å². The van der Waals surface area contributed by atoms with Crippen molar-refractivity contribution in [3.8, 4) is 0 Å². The zero-order valence-electron chi connectivity index (χ0n) is 16.3. The summed E-state index contributed by atoms with van der Waals surface area (Å²) in [6.45, 7) is 7.32. The van der Waals surface area contributed by atoms with Crippen LogP contribution in [0.1, 0.15) is 32.3 Å². The minimum atomic E-state index is -4.39. The number of ether oxygens (including phenoxy) is 1. The SMILES string of the molecule is CC1CN(CC2CCCN2C(=O)CNc2cccc(C(F)(F)F)c2)CC(C)O1. The summed E-state index contributed by atoms with van der Waals surface area (Å²) in [7, 11) is 0. The fourth-order valence-electron chi connectivity index (χ4n) is 4.17. The van der Waals surface area contributed by atoms with Gasteiger partial charge >= 0.3 is 6.18 Å². The molecule has 0 bridgehead atoms. The maximum Gasteiger partial charge on any atom is 0.416 e. The van der Waals surface area contributed by atoms with Crippen molar-refractivity contribution in [2.45, 2.75) is 51.1 Å². The van der Waals surface area contributed by atoms with E-state index in [1.165, 1.54) is 6.07 Å². The van der Waals surface area contributed by atoms with Gasteiger partial charge in [0.2, 0.25) is 5.91 Å². The monoisotopic (exact) mass is 399 g/mol. The zero-order chi connectivity index (χ0) is 20.3. The smallest absolute Gasteiger partial charge is 0.376 e. The summed E-state index contributed by atoms with van der Waals surface area (Å²) in [5.41, 5.74) is -0.422. The van der Waals surface area contributed by atoms with E-state index in [0.717, 1.165) is 44.6 Å². The summed E-state index contributed by atoms with van der Waals surface area (Å²) in [4.78, 5) is 16.9. The number of morpholine rings is 1. The Bertz CT molecular complexity index is 673. The number of alkyl halides is 3. The standard InChI is InChI=1S/C20H28F3N3O2/c1-14-11-25(12-15(2)28-14)13-18-7-4-8-26(18)19(27)10-24-17-6-3-5-16(9-17)20(21,22)23/h3,5-6,9,14-15,18,24H,4,7-8,10-13H2,1-2H3. The molecule has 1 N–H and O–H groups in total. The number of nitrogens with one attached hydrogen (secondary N) is 1. The average Bonchev–Trinajstić information content (AvgIpc) is 3.06. The second-order valence-corrected chi connectivity index (χ2v) is 7.79. The second-order valence-electron chi connectivity index (χ2n) is 7.79. The number of amides is 1. The van der Waals surface area contributed by atoms with Crippen molar-refractivity contribution in [1.82, 2.24) is 9.80 Å². The molecule has 2 fully saturated rings. The molecule has 0 spiro atoms. The van der Waals surface area contributed by atoms with Gasteiger partial charge in [-0.2, -0.15) is 13.2 Å². The molecule has 3 rings (SSSR count). The van der Waals surface area contributed by atoms with Gasteiger partial charge in [-0.3, -0.25) is 9.69 Å². The van der Waals surface area contributed by atoms with E-state index in [-0.39, 0.29) is 30.7 Å². The van der Waals surface area contributed by atoms with Gasteiger partial charge in [-0.25, -0.2) is 0 Å². The number of carbonyl (C=O) groups is 1. The lowest BCUT2D eigenvalue weighted by Gasteiger charge is -2.38. The number of hydrogen-bond acceptors (Lipinski definition) is 4. The highest BCUT2D eigenvalue weighted by molar-refractivity contribution is 5.81. The maximum atomic E-state index is 12.8. The molecule has 2 aliphatic rings. The molecule has 3 atom stereocenters. The van der Waals surface area contributed by atoms with Crippen molar-refractivity contribution in [2.24, 2.45) is 0 Å². The minimum Gasteiger partial charge on any atom is -0.376 e. The van der Waals surface area contributed by atoms with E-state index in [1.807, 2.05) is 4.90 Å². The van der Waals surface area contributed by atoms with Gasteiger partial charge < -0.3 is 15.0 Å². The van der Waals surface area contributed by atoms with Crippen molar-refractivity contribution in [3.05, 3.63) is 29.8 Å². The molecule has 5 nitrogen and oxygen atoms in total. The fourth-order valence-corrected chi connectivity index (χ4v) is 4.17. The summed E-state index contributed by atoms with van der Waals surface area (Å²) >= 11 is 0. The van der Waals surface area contributed by atoms with E-state index >= 15 is 0 Å². The first kappa shape index (κ1) is 20.9. The first-order chi connectivity index (χ1) is 13.2. The van der Waals surface area contributed by atoms with Crippen molar-refractivity contribution >= 4 is 11.6 Å². The largest absolute Gasteiger partial charge is 0.416 e. The van der Waals surface area contributed by atoms with Crippen molar-refractivity contribution in [2.75, 3.05) is 38.0 Å². The van der Waals surface area contributed by atoms with Crippen LogP contribution in [0.25, 0.3) is 0 Å². The molecule has 2 aliphatic heterocycles. The first-order valence-electron chi connectivity index (χ1n) is 9.81. The molecule has 0 aromatic heterocycles. The lowest BCUT2D eigenvalue weighted by molar-refractivity contribution is -0.137. The highest BCUT2D eigenvalue weighted by atomic mass is 19.4. The molecule has 8 heteroatoms. The normalized spacial score (nSPS) is 26.5. The molecular weight excluding hydrogens is 371 g/mol. The van der Waals surface area contributed by atoms with E-state index in [1.54, 1.807) is 6.07 Å². The molecule has 0 radical (unpaired) electrons. The van der Waals surface area contributed by atoms with Crippen LogP contribution in [0.3, 0.4) is 0 Å². The van der Waals surface area contributed by atoms with Crippen molar-refractivity contribution in [1.29, 1.82) is 0 Å². The molecule has 1 aromatic rings. The number of hydrogen-bond donors (Lipinski definition) is 1. The highest BCUT2D eigenvalue weighted by Gasteiger charge is 2.33. The van der Waals surface area contributed by atoms with Crippen LogP contribution in [0.2, 0.25) is 0 Å². The molecular formula is C20H28F3N3O2. The van der Waals surface area contributed by atoms with E-state index in [0.29, 0.717) is 12.2 Å². The number of nitrogens with zero attached hydrogens (tertiary/aromatic N) is 2. The Morgan fingerprint density at radius 3 is 2.64 bits per heavy atom. The van der Waals surface area contributed by atoms with Crippen LogP contribution in [-0.4, -0.2) is 66.7 Å². The van der Waals surface area contributed by atoms with Crippen LogP contribution < -0.4 is 5.32 Å². The molecule has 156 valence electrons. The summed E-state index contributed by atoms with van der Waals surface area (Å²) in [5.74, 6) is -0.0748. The molecule has 2 saturated heterocycles. The van der Waals surface area contributed by atoms with Gasteiger partial charge in [-0.1, -0.05) is 6.07 Å². The van der Waals surface area contributed by atoms with Gasteiger partial charge in [-0.15, -0.1) is 0 Å². The molecule has 3 unspecified atom stereocenters. The Morgan fingerprint density at radius 2 is 1.96 bits per heavy atom. The summed E-state index contributed by atoms with van der Waals surface area (Å²) < 4.78 is 44.2. The van der Waals surface area contributed by atoms with E-state index in [9.17, 15) is 18.0 Å². The number of likely N-dealkylation sites (tertiary alicyclic amines) is 1. The van der Waals surface area contributed by atoms with Crippen molar-refractivity contribution in [3.63, 3.8) is 0 Å². The van der Waals surface area contributed by atoms with Gasteiger partial charge in [0.05, 0.1) is 24.3 Å². The number of halogens is 3. The van der Waals surface area contributed by atoms with Crippen LogP contribution in [0.5, 0.6) is 0 Å². The Labute approximate surface area is 163 Å². The van der Waals surface area contributed by atoms with Crippen LogP contribution in [0, 0.1) is 0 Å². The fraction of sp³-hybridized carbons (Fsp3) is 0.650.